The van der Waals surface area contributed by atoms with E-state index >= 15 is 0 Å². The molecule has 7 heteroatoms. The van der Waals surface area contributed by atoms with Crippen molar-refractivity contribution >= 4 is 22.4 Å². The van der Waals surface area contributed by atoms with Gasteiger partial charge in [-0.05, 0) is 24.1 Å². The number of hydrogen-bond donors (Lipinski definition) is 2. The smallest absolute Gasteiger partial charge is 0.282 e. The van der Waals surface area contributed by atoms with Crippen LogP contribution in [0.2, 0.25) is 0 Å². The Bertz CT molecular complexity index is 583. The predicted molar refractivity (Wildman–Crippen MR) is 82.9 cm³/mol. The van der Waals surface area contributed by atoms with Gasteiger partial charge in [0.05, 0.1) is 7.11 Å². The summed E-state index contributed by atoms with van der Waals surface area (Å²) in [5, 5.41) is 14.8. The van der Waals surface area contributed by atoms with Crippen LogP contribution in [-0.2, 0) is 6.54 Å². The Morgan fingerprint density at radius 2 is 2.05 bits per heavy atom. The summed E-state index contributed by atoms with van der Waals surface area (Å²) in [5.41, 5.74) is 0.998. The van der Waals surface area contributed by atoms with Gasteiger partial charge in [0.15, 0.2) is 0 Å². The van der Waals surface area contributed by atoms with E-state index in [-0.39, 0.29) is 5.91 Å². The van der Waals surface area contributed by atoms with Crippen LogP contribution < -0.4 is 15.4 Å². The Kier molecular flexibility index (Phi) is 5.51. The second-order valence-electron chi connectivity index (χ2n) is 4.37. The number of nitrogens with one attached hydrogen (secondary N) is 2. The van der Waals surface area contributed by atoms with Gasteiger partial charge in [0.25, 0.3) is 5.91 Å². The maximum Gasteiger partial charge on any atom is 0.282 e. The Morgan fingerprint density at radius 3 is 2.71 bits per heavy atom. The molecule has 1 heterocycles. The Balaban J connectivity index is 1.87. The van der Waals surface area contributed by atoms with Crippen LogP contribution in [0.3, 0.4) is 0 Å². The zero-order chi connectivity index (χ0) is 15.1. The van der Waals surface area contributed by atoms with Crippen LogP contribution in [-0.4, -0.2) is 29.8 Å². The van der Waals surface area contributed by atoms with Gasteiger partial charge >= 0.3 is 0 Å². The highest BCUT2D eigenvalue weighted by Gasteiger charge is 2.12. The molecular weight excluding hydrogens is 288 g/mol. The highest BCUT2D eigenvalue weighted by molar-refractivity contribution is 7.17. The largest absolute Gasteiger partial charge is 0.497 e. The summed E-state index contributed by atoms with van der Waals surface area (Å²) in [6.45, 7) is 3.33. The summed E-state index contributed by atoms with van der Waals surface area (Å²) in [6, 6.07) is 7.54. The Morgan fingerprint density at radius 1 is 1.29 bits per heavy atom. The van der Waals surface area contributed by atoms with E-state index < -0.39 is 0 Å². The fourth-order valence-electron chi connectivity index (χ4n) is 1.62. The molecule has 0 radical (unpaired) electrons. The molecule has 0 saturated heterocycles. The maximum atomic E-state index is 12.0. The topological polar surface area (TPSA) is 76.1 Å². The van der Waals surface area contributed by atoms with Crippen molar-refractivity contribution in [3.8, 4) is 5.75 Å². The number of methoxy groups -OCH3 is 1. The van der Waals surface area contributed by atoms with Crippen molar-refractivity contribution in [3.05, 3.63) is 34.8 Å². The minimum atomic E-state index is -0.215. The highest BCUT2D eigenvalue weighted by atomic mass is 32.1. The van der Waals surface area contributed by atoms with Gasteiger partial charge in [-0.1, -0.05) is 30.4 Å². The van der Waals surface area contributed by atoms with Crippen LogP contribution in [0.4, 0.5) is 5.13 Å². The third kappa shape index (κ3) is 4.42. The first-order valence-corrected chi connectivity index (χ1v) is 7.53. The average Bonchev–Trinajstić information content (AvgIpc) is 3.00. The van der Waals surface area contributed by atoms with Gasteiger partial charge in [0, 0.05) is 13.1 Å². The van der Waals surface area contributed by atoms with E-state index in [0.717, 1.165) is 24.3 Å². The summed E-state index contributed by atoms with van der Waals surface area (Å²) in [5.74, 6) is 0.578. The minimum absolute atomic E-state index is 0.215. The van der Waals surface area contributed by atoms with Crippen molar-refractivity contribution in [2.24, 2.45) is 0 Å². The number of amides is 1. The van der Waals surface area contributed by atoms with E-state index in [2.05, 4.69) is 27.8 Å². The van der Waals surface area contributed by atoms with E-state index in [1.165, 1.54) is 11.3 Å². The lowest BCUT2D eigenvalue weighted by molar-refractivity contribution is 0.0950. The number of carbonyl (C=O) groups is 1. The van der Waals surface area contributed by atoms with Crippen molar-refractivity contribution in [2.45, 2.75) is 19.9 Å². The lowest BCUT2D eigenvalue weighted by Gasteiger charge is -2.04. The average molecular weight is 306 g/mol. The van der Waals surface area contributed by atoms with Crippen molar-refractivity contribution in [1.82, 2.24) is 15.5 Å². The van der Waals surface area contributed by atoms with Gasteiger partial charge in [-0.15, -0.1) is 10.2 Å². The summed E-state index contributed by atoms with van der Waals surface area (Å²) in [7, 11) is 1.62. The van der Waals surface area contributed by atoms with Crippen LogP contribution in [0.1, 0.15) is 28.7 Å². The Hall–Kier alpha value is -2.15. The molecule has 0 aliphatic rings. The van der Waals surface area contributed by atoms with E-state index in [1.807, 2.05) is 24.3 Å². The van der Waals surface area contributed by atoms with Gasteiger partial charge in [-0.3, -0.25) is 4.79 Å². The zero-order valence-electron chi connectivity index (χ0n) is 12.0. The van der Waals surface area contributed by atoms with E-state index in [9.17, 15) is 4.79 Å². The predicted octanol–water partition coefficient (Wildman–Crippen LogP) is 2.30. The lowest BCUT2D eigenvalue weighted by atomic mass is 10.2. The van der Waals surface area contributed by atoms with Gasteiger partial charge in [-0.25, -0.2) is 0 Å². The van der Waals surface area contributed by atoms with Crippen LogP contribution in [0.25, 0.3) is 0 Å². The molecule has 6 nitrogen and oxygen atoms in total. The van der Waals surface area contributed by atoms with Gasteiger partial charge in [0.2, 0.25) is 10.1 Å². The molecule has 2 N–H and O–H groups in total. The quantitative estimate of drug-likeness (QED) is 0.821. The first kappa shape index (κ1) is 15.2. The number of benzene rings is 1. The van der Waals surface area contributed by atoms with Gasteiger partial charge < -0.3 is 15.4 Å². The van der Waals surface area contributed by atoms with E-state index in [4.69, 9.17) is 4.74 Å². The molecule has 2 aromatic rings. The van der Waals surface area contributed by atoms with Gasteiger partial charge in [0.1, 0.15) is 5.75 Å². The maximum absolute atomic E-state index is 12.0. The van der Waals surface area contributed by atoms with E-state index in [0.29, 0.717) is 16.7 Å². The summed E-state index contributed by atoms with van der Waals surface area (Å²) in [4.78, 5) is 12.0. The SMILES string of the molecule is CCCNc1nnc(C(=O)NCc2ccc(OC)cc2)s1. The normalized spacial score (nSPS) is 10.2. The second kappa shape index (κ2) is 7.58. The number of nitrogens with zero attached hydrogens (tertiary/aromatic N) is 2. The molecular formula is C14H18N4O2S. The first-order chi connectivity index (χ1) is 10.2. The molecule has 0 unspecified atom stereocenters. The highest BCUT2D eigenvalue weighted by Crippen LogP contribution is 2.15. The van der Waals surface area contributed by atoms with Crippen molar-refractivity contribution in [3.63, 3.8) is 0 Å². The fourth-order valence-corrected chi connectivity index (χ4v) is 2.31. The van der Waals surface area contributed by atoms with Crippen LogP contribution in [0.5, 0.6) is 5.75 Å². The first-order valence-electron chi connectivity index (χ1n) is 6.71. The number of carbonyl (C=O) groups excluding carboxylic acids is 1. The fraction of sp³-hybridized carbons (Fsp3) is 0.357. The number of rotatable bonds is 7. The zero-order valence-corrected chi connectivity index (χ0v) is 12.9. The van der Waals surface area contributed by atoms with Crippen molar-refractivity contribution in [2.75, 3.05) is 19.0 Å². The van der Waals surface area contributed by atoms with Crippen LogP contribution >= 0.6 is 11.3 Å². The molecule has 1 aromatic carbocycles. The third-order valence-corrected chi connectivity index (χ3v) is 3.64. The molecule has 0 saturated carbocycles. The molecule has 0 spiro atoms. The number of hydrogen-bond acceptors (Lipinski definition) is 6. The molecule has 1 aromatic heterocycles. The molecule has 21 heavy (non-hydrogen) atoms. The molecule has 0 bridgehead atoms. The molecule has 112 valence electrons. The van der Waals surface area contributed by atoms with E-state index in [1.54, 1.807) is 7.11 Å². The van der Waals surface area contributed by atoms with Crippen LogP contribution in [0, 0.1) is 0 Å². The molecule has 0 aliphatic heterocycles. The lowest BCUT2D eigenvalue weighted by Crippen LogP contribution is -2.22. The van der Waals surface area contributed by atoms with Crippen molar-refractivity contribution in [1.29, 1.82) is 0 Å². The van der Waals surface area contributed by atoms with Crippen molar-refractivity contribution < 1.29 is 9.53 Å². The monoisotopic (exact) mass is 306 g/mol. The standard InChI is InChI=1S/C14H18N4O2S/c1-3-8-15-14-18-17-13(21-14)12(19)16-9-10-4-6-11(20-2)7-5-10/h4-7H,3,8-9H2,1-2H3,(H,15,18)(H,16,19). The second-order valence-corrected chi connectivity index (χ2v) is 5.35. The minimum Gasteiger partial charge on any atom is -0.497 e. The number of aromatic nitrogens is 2. The molecule has 0 atom stereocenters. The molecule has 2 rings (SSSR count). The molecule has 0 aliphatic carbocycles. The summed E-state index contributed by atoms with van der Waals surface area (Å²) in [6.07, 6.45) is 0.999. The number of anilines is 1. The Labute approximate surface area is 127 Å². The summed E-state index contributed by atoms with van der Waals surface area (Å²) < 4.78 is 5.09. The van der Waals surface area contributed by atoms with Gasteiger partial charge in [-0.2, -0.15) is 0 Å². The third-order valence-electron chi connectivity index (χ3n) is 2.76. The molecule has 0 fully saturated rings. The summed E-state index contributed by atoms with van der Waals surface area (Å²) >= 11 is 1.26. The van der Waals surface area contributed by atoms with Crippen LogP contribution in [0.15, 0.2) is 24.3 Å². The molecule has 1 amide bonds. The number of ether oxygens (including phenoxy) is 1.